The molecular weight excluding hydrogens is 298 g/mol. The van der Waals surface area contributed by atoms with Crippen molar-refractivity contribution in [3.8, 4) is 10.6 Å². The first-order valence-corrected chi connectivity index (χ1v) is 7.78. The van der Waals surface area contributed by atoms with Crippen LogP contribution in [0.25, 0.3) is 10.6 Å². The molecule has 0 bridgehead atoms. The van der Waals surface area contributed by atoms with E-state index in [1.54, 1.807) is 6.20 Å². The zero-order chi connectivity index (χ0) is 15.5. The van der Waals surface area contributed by atoms with Gasteiger partial charge < -0.3 is 4.42 Å². The number of hydrogen-bond acceptors (Lipinski definition) is 5. The number of aryl methyl sites for hydroxylation is 2. The lowest BCUT2D eigenvalue weighted by Gasteiger charge is -1.98. The SMILES string of the molecule is CCc1cnc(NC(=O)c2nc(-c3ccccc3)sc2C)o1. The van der Waals surface area contributed by atoms with Crippen LogP contribution in [0.3, 0.4) is 0 Å². The summed E-state index contributed by atoms with van der Waals surface area (Å²) >= 11 is 1.49. The molecule has 5 nitrogen and oxygen atoms in total. The maximum Gasteiger partial charge on any atom is 0.301 e. The molecule has 0 saturated carbocycles. The van der Waals surface area contributed by atoms with E-state index in [1.165, 1.54) is 11.3 Å². The first kappa shape index (κ1) is 14.5. The summed E-state index contributed by atoms with van der Waals surface area (Å²) in [5.74, 6) is 0.427. The lowest BCUT2D eigenvalue weighted by molar-refractivity contribution is 0.101. The van der Waals surface area contributed by atoms with E-state index in [4.69, 9.17) is 4.42 Å². The zero-order valence-corrected chi connectivity index (χ0v) is 13.1. The highest BCUT2D eigenvalue weighted by Crippen LogP contribution is 2.27. The van der Waals surface area contributed by atoms with Crippen molar-refractivity contribution in [2.75, 3.05) is 5.32 Å². The minimum Gasteiger partial charge on any atom is -0.428 e. The summed E-state index contributed by atoms with van der Waals surface area (Å²) in [5, 5.41) is 3.47. The summed E-state index contributed by atoms with van der Waals surface area (Å²) < 4.78 is 5.39. The number of oxazole rings is 1. The van der Waals surface area contributed by atoms with Crippen LogP contribution in [0.1, 0.15) is 28.0 Å². The number of nitrogens with zero attached hydrogens (tertiary/aromatic N) is 2. The lowest BCUT2D eigenvalue weighted by atomic mass is 10.2. The second kappa shape index (κ2) is 6.11. The van der Waals surface area contributed by atoms with E-state index in [0.717, 1.165) is 27.6 Å². The van der Waals surface area contributed by atoms with Crippen LogP contribution < -0.4 is 5.32 Å². The molecule has 1 aromatic carbocycles. The Morgan fingerprint density at radius 2 is 2.09 bits per heavy atom. The van der Waals surface area contributed by atoms with E-state index in [9.17, 15) is 4.79 Å². The number of anilines is 1. The van der Waals surface area contributed by atoms with Crippen LogP contribution >= 0.6 is 11.3 Å². The van der Waals surface area contributed by atoms with Crippen molar-refractivity contribution in [1.82, 2.24) is 9.97 Å². The molecule has 0 aliphatic carbocycles. The third-order valence-electron chi connectivity index (χ3n) is 3.15. The van der Waals surface area contributed by atoms with Crippen LogP contribution in [0, 0.1) is 6.92 Å². The van der Waals surface area contributed by atoms with Gasteiger partial charge in [-0.25, -0.2) is 9.97 Å². The highest BCUT2D eigenvalue weighted by atomic mass is 32.1. The first-order valence-electron chi connectivity index (χ1n) is 6.96. The van der Waals surface area contributed by atoms with E-state index in [-0.39, 0.29) is 11.9 Å². The van der Waals surface area contributed by atoms with Crippen molar-refractivity contribution in [3.05, 3.63) is 52.9 Å². The molecule has 0 fully saturated rings. The third kappa shape index (κ3) is 2.92. The van der Waals surface area contributed by atoms with Crippen molar-refractivity contribution in [3.63, 3.8) is 0 Å². The lowest BCUT2D eigenvalue weighted by Crippen LogP contribution is -2.13. The average molecular weight is 313 g/mol. The van der Waals surface area contributed by atoms with E-state index in [0.29, 0.717) is 5.69 Å². The molecular formula is C16H15N3O2S. The topological polar surface area (TPSA) is 68.0 Å². The van der Waals surface area contributed by atoms with E-state index >= 15 is 0 Å². The molecule has 3 aromatic rings. The average Bonchev–Trinajstić information content (AvgIpc) is 3.14. The number of nitrogens with one attached hydrogen (secondary N) is 1. The first-order chi connectivity index (χ1) is 10.7. The zero-order valence-electron chi connectivity index (χ0n) is 12.3. The van der Waals surface area contributed by atoms with Gasteiger partial charge in [-0.1, -0.05) is 37.3 Å². The molecule has 2 heterocycles. The standard InChI is InChI=1S/C16H15N3O2S/c1-3-12-9-17-16(21-12)19-14(20)13-10(2)22-15(18-13)11-7-5-4-6-8-11/h4-9H,3H2,1-2H3,(H,17,19,20). The van der Waals surface area contributed by atoms with Gasteiger partial charge in [-0.2, -0.15) is 0 Å². The van der Waals surface area contributed by atoms with E-state index in [2.05, 4.69) is 15.3 Å². The number of hydrogen-bond donors (Lipinski definition) is 1. The van der Waals surface area contributed by atoms with Gasteiger partial charge in [0.1, 0.15) is 16.5 Å². The van der Waals surface area contributed by atoms with E-state index < -0.39 is 0 Å². The predicted octanol–water partition coefficient (Wildman–Crippen LogP) is 3.92. The molecule has 3 rings (SSSR count). The Balaban J connectivity index is 1.82. The molecule has 0 aliphatic rings. The van der Waals surface area contributed by atoms with Gasteiger partial charge in [-0.05, 0) is 6.92 Å². The predicted molar refractivity (Wildman–Crippen MR) is 86.1 cm³/mol. The Bertz CT molecular complexity index is 793. The van der Waals surface area contributed by atoms with Gasteiger partial charge >= 0.3 is 6.01 Å². The highest BCUT2D eigenvalue weighted by Gasteiger charge is 2.18. The minimum absolute atomic E-state index is 0.204. The second-order valence-corrected chi connectivity index (χ2v) is 5.93. The Morgan fingerprint density at radius 3 is 2.77 bits per heavy atom. The molecule has 0 aliphatic heterocycles. The molecule has 2 aromatic heterocycles. The fraction of sp³-hybridized carbons (Fsp3) is 0.188. The summed E-state index contributed by atoms with van der Waals surface area (Å²) in [6.07, 6.45) is 2.34. The molecule has 22 heavy (non-hydrogen) atoms. The maximum atomic E-state index is 12.3. The molecule has 0 radical (unpaired) electrons. The van der Waals surface area contributed by atoms with Gasteiger partial charge in [0.25, 0.3) is 5.91 Å². The maximum absolute atomic E-state index is 12.3. The number of benzene rings is 1. The number of thiazole rings is 1. The Hall–Kier alpha value is -2.47. The number of carbonyl (C=O) groups is 1. The Morgan fingerprint density at radius 1 is 1.32 bits per heavy atom. The number of aromatic nitrogens is 2. The fourth-order valence-electron chi connectivity index (χ4n) is 2.00. The van der Waals surface area contributed by atoms with Crippen molar-refractivity contribution in [1.29, 1.82) is 0 Å². The molecule has 0 atom stereocenters. The number of rotatable bonds is 4. The van der Waals surface area contributed by atoms with Crippen LogP contribution in [0.15, 0.2) is 40.9 Å². The Labute approximate surface area is 132 Å². The monoisotopic (exact) mass is 313 g/mol. The number of carbonyl (C=O) groups excluding carboxylic acids is 1. The Kier molecular flexibility index (Phi) is 4.02. The fourth-order valence-corrected chi connectivity index (χ4v) is 2.91. The quantitative estimate of drug-likeness (QED) is 0.792. The number of amides is 1. The molecule has 1 N–H and O–H groups in total. The smallest absolute Gasteiger partial charge is 0.301 e. The van der Waals surface area contributed by atoms with Crippen LogP contribution in [-0.4, -0.2) is 15.9 Å². The largest absolute Gasteiger partial charge is 0.428 e. The van der Waals surface area contributed by atoms with Gasteiger partial charge in [0.05, 0.1) is 6.20 Å². The highest BCUT2D eigenvalue weighted by molar-refractivity contribution is 7.15. The van der Waals surface area contributed by atoms with Crippen LogP contribution in [-0.2, 0) is 6.42 Å². The molecule has 6 heteroatoms. The van der Waals surface area contributed by atoms with Gasteiger partial charge in [-0.15, -0.1) is 11.3 Å². The molecule has 0 spiro atoms. The van der Waals surface area contributed by atoms with Crippen molar-refractivity contribution in [2.45, 2.75) is 20.3 Å². The summed E-state index contributed by atoms with van der Waals surface area (Å²) in [4.78, 5) is 21.6. The van der Waals surface area contributed by atoms with Crippen LogP contribution in [0.2, 0.25) is 0 Å². The molecule has 0 unspecified atom stereocenters. The summed E-state index contributed by atoms with van der Waals surface area (Å²) in [6.45, 7) is 3.84. The molecule has 112 valence electrons. The van der Waals surface area contributed by atoms with Gasteiger partial charge in [0, 0.05) is 16.9 Å². The van der Waals surface area contributed by atoms with Gasteiger partial charge in [-0.3, -0.25) is 10.1 Å². The van der Waals surface area contributed by atoms with Crippen LogP contribution in [0.4, 0.5) is 6.01 Å². The van der Waals surface area contributed by atoms with Crippen LogP contribution in [0.5, 0.6) is 0 Å². The minimum atomic E-state index is -0.305. The van der Waals surface area contributed by atoms with Gasteiger partial charge in [0.15, 0.2) is 0 Å². The summed E-state index contributed by atoms with van der Waals surface area (Å²) in [6, 6.07) is 10.0. The van der Waals surface area contributed by atoms with Crippen molar-refractivity contribution < 1.29 is 9.21 Å². The molecule has 1 amide bonds. The van der Waals surface area contributed by atoms with E-state index in [1.807, 2.05) is 44.2 Å². The van der Waals surface area contributed by atoms with Crippen molar-refractivity contribution >= 4 is 23.3 Å². The summed E-state index contributed by atoms with van der Waals surface area (Å²) in [7, 11) is 0. The van der Waals surface area contributed by atoms with Crippen molar-refractivity contribution in [2.24, 2.45) is 0 Å². The second-order valence-electron chi connectivity index (χ2n) is 4.73. The summed E-state index contributed by atoms with van der Waals surface area (Å²) in [5.41, 5.74) is 1.40. The van der Waals surface area contributed by atoms with Gasteiger partial charge in [0.2, 0.25) is 0 Å². The molecule has 0 saturated heterocycles. The third-order valence-corrected chi connectivity index (χ3v) is 4.17. The normalized spacial score (nSPS) is 10.6.